The van der Waals surface area contributed by atoms with Crippen molar-refractivity contribution in [3.63, 3.8) is 0 Å². The molecule has 3 atom stereocenters. The molecule has 3 aromatic rings. The van der Waals surface area contributed by atoms with Gasteiger partial charge in [-0.3, -0.25) is 0 Å². The summed E-state index contributed by atoms with van der Waals surface area (Å²) in [5.41, 5.74) is 4.20. The SMILES string of the molecule is CC1Sc2c(c3ccccc3n2C)[C@H]2c3ccccc3OC[C@@H]12. The van der Waals surface area contributed by atoms with Crippen molar-refractivity contribution >= 4 is 22.7 Å². The van der Waals surface area contributed by atoms with Crippen LogP contribution in [0.25, 0.3) is 10.9 Å². The largest absolute Gasteiger partial charge is 0.493 e. The normalized spacial score (nSPS) is 25.4. The highest BCUT2D eigenvalue weighted by atomic mass is 32.2. The van der Waals surface area contributed by atoms with Gasteiger partial charge >= 0.3 is 0 Å². The second-order valence-electron chi connectivity index (χ2n) is 6.61. The Morgan fingerprint density at radius 3 is 2.78 bits per heavy atom. The fourth-order valence-corrected chi connectivity index (χ4v) is 5.65. The van der Waals surface area contributed by atoms with Crippen LogP contribution in [0.3, 0.4) is 0 Å². The predicted octanol–water partition coefficient (Wildman–Crippen LogP) is 4.81. The lowest BCUT2D eigenvalue weighted by Crippen LogP contribution is -2.35. The molecule has 0 radical (unpaired) electrons. The maximum atomic E-state index is 6.08. The van der Waals surface area contributed by atoms with Gasteiger partial charge < -0.3 is 9.30 Å². The second-order valence-corrected chi connectivity index (χ2v) is 7.97. The van der Waals surface area contributed by atoms with E-state index in [-0.39, 0.29) is 0 Å². The van der Waals surface area contributed by atoms with E-state index in [1.807, 2.05) is 11.8 Å². The van der Waals surface area contributed by atoms with Crippen molar-refractivity contribution in [1.82, 2.24) is 4.57 Å². The summed E-state index contributed by atoms with van der Waals surface area (Å²) >= 11 is 2.01. The lowest BCUT2D eigenvalue weighted by molar-refractivity contribution is 0.202. The van der Waals surface area contributed by atoms with Gasteiger partial charge in [0.05, 0.1) is 11.6 Å². The number of fused-ring (bicyclic) bond motifs is 7. The van der Waals surface area contributed by atoms with Gasteiger partial charge in [-0.05, 0) is 17.7 Å². The zero-order valence-electron chi connectivity index (χ0n) is 13.3. The number of para-hydroxylation sites is 2. The summed E-state index contributed by atoms with van der Waals surface area (Å²) in [6.07, 6.45) is 0. The molecule has 1 aromatic heterocycles. The Balaban J connectivity index is 1.85. The Labute approximate surface area is 140 Å². The van der Waals surface area contributed by atoms with Gasteiger partial charge in [-0.25, -0.2) is 0 Å². The molecule has 3 heteroatoms. The quantitative estimate of drug-likeness (QED) is 0.590. The van der Waals surface area contributed by atoms with E-state index in [0.717, 1.165) is 12.4 Å². The molecular formula is C20H19NOS. The van der Waals surface area contributed by atoms with E-state index in [0.29, 0.717) is 17.1 Å². The van der Waals surface area contributed by atoms with Crippen molar-refractivity contribution in [1.29, 1.82) is 0 Å². The third kappa shape index (κ3) is 1.77. The van der Waals surface area contributed by atoms with Gasteiger partial charge in [0, 0.05) is 40.6 Å². The molecule has 2 aliphatic rings. The molecule has 5 rings (SSSR count). The molecule has 3 heterocycles. The Kier molecular flexibility index (Phi) is 2.84. The summed E-state index contributed by atoms with van der Waals surface area (Å²) in [5, 5.41) is 3.39. The fraction of sp³-hybridized carbons (Fsp3) is 0.300. The molecule has 23 heavy (non-hydrogen) atoms. The van der Waals surface area contributed by atoms with Crippen LogP contribution in [-0.2, 0) is 7.05 Å². The third-order valence-corrected chi connectivity index (χ3v) is 6.85. The molecule has 0 bridgehead atoms. The monoisotopic (exact) mass is 321 g/mol. The average Bonchev–Trinajstić information content (AvgIpc) is 2.87. The molecule has 0 aliphatic carbocycles. The molecule has 0 N–H and O–H groups in total. The van der Waals surface area contributed by atoms with Crippen molar-refractivity contribution in [3.8, 4) is 5.75 Å². The summed E-state index contributed by atoms with van der Waals surface area (Å²) in [7, 11) is 2.20. The Morgan fingerprint density at radius 2 is 1.87 bits per heavy atom. The molecule has 0 saturated carbocycles. The van der Waals surface area contributed by atoms with Crippen LogP contribution in [-0.4, -0.2) is 16.4 Å². The van der Waals surface area contributed by atoms with Gasteiger partial charge in [0.1, 0.15) is 5.75 Å². The van der Waals surface area contributed by atoms with E-state index in [1.54, 1.807) is 0 Å². The maximum Gasteiger partial charge on any atom is 0.123 e. The topological polar surface area (TPSA) is 14.2 Å². The Hall–Kier alpha value is -1.87. The van der Waals surface area contributed by atoms with E-state index < -0.39 is 0 Å². The lowest BCUT2D eigenvalue weighted by Gasteiger charge is -2.40. The smallest absolute Gasteiger partial charge is 0.123 e. The minimum Gasteiger partial charge on any atom is -0.493 e. The van der Waals surface area contributed by atoms with Crippen LogP contribution in [0, 0.1) is 5.92 Å². The molecular weight excluding hydrogens is 302 g/mol. The van der Waals surface area contributed by atoms with Crippen LogP contribution >= 0.6 is 11.8 Å². The molecule has 2 aromatic carbocycles. The van der Waals surface area contributed by atoms with E-state index in [1.165, 1.54) is 27.1 Å². The van der Waals surface area contributed by atoms with Crippen molar-refractivity contribution < 1.29 is 4.74 Å². The highest BCUT2D eigenvalue weighted by Crippen LogP contribution is 2.54. The molecule has 2 nitrogen and oxygen atoms in total. The van der Waals surface area contributed by atoms with Crippen LogP contribution < -0.4 is 4.74 Å². The van der Waals surface area contributed by atoms with E-state index >= 15 is 0 Å². The summed E-state index contributed by atoms with van der Waals surface area (Å²) in [6, 6.07) is 17.4. The Bertz CT molecular complexity index is 913. The molecule has 0 fully saturated rings. The van der Waals surface area contributed by atoms with Gasteiger partial charge in [0.15, 0.2) is 0 Å². The van der Waals surface area contributed by atoms with Crippen molar-refractivity contribution in [3.05, 3.63) is 59.7 Å². The number of hydrogen-bond donors (Lipinski definition) is 0. The van der Waals surface area contributed by atoms with Crippen molar-refractivity contribution in [2.75, 3.05) is 6.61 Å². The van der Waals surface area contributed by atoms with E-state index in [4.69, 9.17) is 4.74 Å². The van der Waals surface area contributed by atoms with E-state index in [9.17, 15) is 0 Å². The molecule has 116 valence electrons. The van der Waals surface area contributed by atoms with E-state index in [2.05, 4.69) is 67.1 Å². The maximum absolute atomic E-state index is 6.08. The van der Waals surface area contributed by atoms with Crippen molar-refractivity contribution in [2.24, 2.45) is 13.0 Å². The van der Waals surface area contributed by atoms with Gasteiger partial charge in [0.25, 0.3) is 0 Å². The summed E-state index contributed by atoms with van der Waals surface area (Å²) < 4.78 is 8.45. The van der Waals surface area contributed by atoms with Gasteiger partial charge in [0.2, 0.25) is 0 Å². The van der Waals surface area contributed by atoms with Crippen LogP contribution in [0.1, 0.15) is 24.0 Å². The van der Waals surface area contributed by atoms with Gasteiger partial charge in [-0.15, -0.1) is 11.8 Å². The molecule has 1 unspecified atom stereocenters. The van der Waals surface area contributed by atoms with Gasteiger partial charge in [-0.1, -0.05) is 43.3 Å². The lowest BCUT2D eigenvalue weighted by atomic mass is 9.77. The number of rotatable bonds is 0. The molecule has 0 spiro atoms. The number of aryl methyl sites for hydroxylation is 1. The van der Waals surface area contributed by atoms with Crippen LogP contribution in [0.2, 0.25) is 0 Å². The zero-order chi connectivity index (χ0) is 15.6. The first-order chi connectivity index (χ1) is 11.3. The minimum absolute atomic E-state index is 0.442. The van der Waals surface area contributed by atoms with Crippen LogP contribution in [0.4, 0.5) is 0 Å². The summed E-state index contributed by atoms with van der Waals surface area (Å²) in [4.78, 5) is 0. The van der Waals surface area contributed by atoms with Crippen molar-refractivity contribution in [2.45, 2.75) is 23.1 Å². The molecule has 0 saturated heterocycles. The average molecular weight is 321 g/mol. The number of benzene rings is 2. The first kappa shape index (κ1) is 13.6. The highest BCUT2D eigenvalue weighted by molar-refractivity contribution is 8.00. The summed E-state index contributed by atoms with van der Waals surface area (Å²) in [5.74, 6) is 2.04. The molecule has 2 aliphatic heterocycles. The van der Waals surface area contributed by atoms with Crippen LogP contribution in [0.5, 0.6) is 5.75 Å². The van der Waals surface area contributed by atoms with Gasteiger partial charge in [-0.2, -0.15) is 0 Å². The number of aromatic nitrogens is 1. The standard InChI is InChI=1S/C20H19NOS/c1-12-15-11-22-17-10-6-4-8-14(17)18(15)19-13-7-3-5-9-16(13)21(2)20(19)23-12/h3-10,12,15,18H,11H2,1-2H3/t12?,15-,18-/m0/s1. The number of thioether (sulfide) groups is 1. The highest BCUT2D eigenvalue weighted by Gasteiger charge is 2.42. The minimum atomic E-state index is 0.442. The Morgan fingerprint density at radius 1 is 1.09 bits per heavy atom. The molecule has 0 amide bonds. The number of nitrogens with zero attached hydrogens (tertiary/aromatic N) is 1. The predicted molar refractivity (Wildman–Crippen MR) is 95.5 cm³/mol. The third-order valence-electron chi connectivity index (χ3n) is 5.42. The second kappa shape index (κ2) is 4.81. The first-order valence-corrected chi connectivity index (χ1v) is 9.09. The zero-order valence-corrected chi connectivity index (χ0v) is 14.1. The number of ether oxygens (including phenoxy) is 1. The fourth-order valence-electron chi connectivity index (χ4n) is 4.26. The summed E-state index contributed by atoms with van der Waals surface area (Å²) in [6.45, 7) is 3.17. The van der Waals surface area contributed by atoms with Crippen LogP contribution in [0.15, 0.2) is 53.6 Å². The first-order valence-electron chi connectivity index (χ1n) is 8.21. The number of hydrogen-bond acceptors (Lipinski definition) is 2.